The molecule has 1 heterocycles. The normalized spacial score (nSPS) is 14.5. The van der Waals surface area contributed by atoms with Gasteiger partial charge in [0.05, 0.1) is 6.61 Å². The first-order valence-electron chi connectivity index (χ1n) is 5.82. The number of hydrogen-bond acceptors (Lipinski definition) is 4. The van der Waals surface area contributed by atoms with Crippen molar-refractivity contribution in [3.05, 3.63) is 33.1 Å². The Morgan fingerprint density at radius 1 is 1.50 bits per heavy atom. The highest BCUT2D eigenvalue weighted by Crippen LogP contribution is 2.26. The number of rotatable bonds is 5. The number of hydrogen-bond donors (Lipinski definition) is 2. The van der Waals surface area contributed by atoms with Crippen molar-refractivity contribution in [2.75, 3.05) is 13.2 Å². The van der Waals surface area contributed by atoms with Gasteiger partial charge in [0.2, 0.25) is 5.91 Å². The number of nitrogens with one attached hydrogen (secondary N) is 1. The lowest BCUT2D eigenvalue weighted by molar-refractivity contribution is -0.133. The summed E-state index contributed by atoms with van der Waals surface area (Å²) < 4.78 is 1.15. The van der Waals surface area contributed by atoms with E-state index < -0.39 is 11.2 Å². The number of carbonyl (C=O) groups is 1. The zero-order valence-corrected chi connectivity index (χ0v) is 9.83. The highest BCUT2D eigenvalue weighted by Gasteiger charge is 2.32. The first-order valence-corrected chi connectivity index (χ1v) is 5.82. The van der Waals surface area contributed by atoms with Crippen molar-refractivity contribution in [2.45, 2.75) is 25.4 Å². The van der Waals surface area contributed by atoms with Crippen LogP contribution in [-0.4, -0.2) is 44.7 Å². The molecule has 0 aromatic carbocycles. The zero-order chi connectivity index (χ0) is 13.1. The molecule has 0 spiro atoms. The summed E-state index contributed by atoms with van der Waals surface area (Å²) in [6, 6.07) is 1.38. The average Bonchev–Trinajstić information content (AvgIpc) is 3.13. The van der Waals surface area contributed by atoms with Gasteiger partial charge in [-0.2, -0.15) is 0 Å². The molecule has 98 valence electrons. The van der Waals surface area contributed by atoms with Crippen LogP contribution in [0.1, 0.15) is 12.8 Å². The summed E-state index contributed by atoms with van der Waals surface area (Å²) in [4.78, 5) is 38.0. The van der Waals surface area contributed by atoms with E-state index in [-0.39, 0.29) is 31.6 Å². The largest absolute Gasteiger partial charge is 0.395 e. The minimum Gasteiger partial charge on any atom is -0.395 e. The summed E-state index contributed by atoms with van der Waals surface area (Å²) in [5.41, 5.74) is -1.09. The smallest absolute Gasteiger partial charge is 0.328 e. The van der Waals surface area contributed by atoms with E-state index in [2.05, 4.69) is 4.98 Å². The van der Waals surface area contributed by atoms with Crippen LogP contribution in [0.5, 0.6) is 0 Å². The van der Waals surface area contributed by atoms with E-state index in [9.17, 15) is 14.4 Å². The molecule has 2 N–H and O–H groups in total. The second-order valence-corrected chi connectivity index (χ2v) is 4.28. The Morgan fingerprint density at radius 3 is 2.78 bits per heavy atom. The van der Waals surface area contributed by atoms with Crippen molar-refractivity contribution in [3.8, 4) is 0 Å². The summed E-state index contributed by atoms with van der Waals surface area (Å²) >= 11 is 0. The maximum Gasteiger partial charge on any atom is 0.328 e. The van der Waals surface area contributed by atoms with Crippen LogP contribution in [0, 0.1) is 0 Å². The predicted octanol–water partition coefficient (Wildman–Crippen LogP) is -1.48. The SMILES string of the molecule is O=C(Cn1ccc(=O)[nH]c1=O)N(CCO)C1CC1. The number of nitrogens with zero attached hydrogens (tertiary/aromatic N) is 2. The Bertz CT molecular complexity index is 544. The minimum absolute atomic E-state index is 0.0945. The van der Waals surface area contributed by atoms with Gasteiger partial charge >= 0.3 is 5.69 Å². The summed E-state index contributed by atoms with van der Waals surface area (Å²) in [7, 11) is 0. The molecule has 0 unspecified atom stereocenters. The maximum absolute atomic E-state index is 12.0. The molecular weight excluding hydrogens is 238 g/mol. The third kappa shape index (κ3) is 2.86. The molecule has 1 aliphatic carbocycles. The third-order valence-electron chi connectivity index (χ3n) is 2.85. The minimum atomic E-state index is -0.601. The average molecular weight is 253 g/mol. The Balaban J connectivity index is 2.09. The molecule has 1 saturated carbocycles. The van der Waals surface area contributed by atoms with E-state index in [1.165, 1.54) is 12.3 Å². The molecule has 2 rings (SSSR count). The van der Waals surface area contributed by atoms with Gasteiger partial charge in [0.25, 0.3) is 5.56 Å². The lowest BCUT2D eigenvalue weighted by Gasteiger charge is -2.21. The topological polar surface area (TPSA) is 95.4 Å². The van der Waals surface area contributed by atoms with Crippen LogP contribution >= 0.6 is 0 Å². The van der Waals surface area contributed by atoms with Crippen LogP contribution in [0.4, 0.5) is 0 Å². The van der Waals surface area contributed by atoms with Gasteiger partial charge in [-0.05, 0) is 12.8 Å². The quantitative estimate of drug-likeness (QED) is 0.669. The van der Waals surface area contributed by atoms with Gasteiger partial charge in [-0.15, -0.1) is 0 Å². The van der Waals surface area contributed by atoms with Gasteiger partial charge in [0, 0.05) is 24.8 Å². The molecule has 1 aliphatic rings. The van der Waals surface area contributed by atoms with Crippen LogP contribution in [0.2, 0.25) is 0 Å². The fourth-order valence-corrected chi connectivity index (χ4v) is 1.81. The molecule has 0 bridgehead atoms. The fraction of sp³-hybridized carbons (Fsp3) is 0.545. The molecule has 7 nitrogen and oxygen atoms in total. The van der Waals surface area contributed by atoms with Crippen LogP contribution in [-0.2, 0) is 11.3 Å². The van der Waals surface area contributed by atoms with Crippen molar-refractivity contribution in [3.63, 3.8) is 0 Å². The van der Waals surface area contributed by atoms with Gasteiger partial charge < -0.3 is 10.0 Å². The first kappa shape index (κ1) is 12.6. The van der Waals surface area contributed by atoms with E-state index in [4.69, 9.17) is 5.11 Å². The number of aromatic amines is 1. The van der Waals surface area contributed by atoms with Crippen molar-refractivity contribution >= 4 is 5.91 Å². The zero-order valence-electron chi connectivity index (χ0n) is 9.83. The Labute approximate surface area is 103 Å². The lowest BCUT2D eigenvalue weighted by Crippen LogP contribution is -2.40. The van der Waals surface area contributed by atoms with E-state index in [0.717, 1.165) is 17.4 Å². The molecule has 1 aromatic heterocycles. The second-order valence-electron chi connectivity index (χ2n) is 4.28. The van der Waals surface area contributed by atoms with Crippen molar-refractivity contribution in [1.82, 2.24) is 14.5 Å². The highest BCUT2D eigenvalue weighted by molar-refractivity contribution is 5.76. The summed E-state index contributed by atoms with van der Waals surface area (Å²) in [5.74, 6) is -0.222. The van der Waals surface area contributed by atoms with Gasteiger partial charge in [0.1, 0.15) is 6.54 Å². The Hall–Kier alpha value is -1.89. The summed E-state index contributed by atoms with van der Waals surface area (Å²) in [5, 5.41) is 8.91. The molecule has 1 amide bonds. The van der Waals surface area contributed by atoms with Crippen LogP contribution < -0.4 is 11.2 Å². The van der Waals surface area contributed by atoms with Gasteiger partial charge in [-0.1, -0.05) is 0 Å². The number of H-pyrrole nitrogens is 1. The van der Waals surface area contributed by atoms with Gasteiger partial charge in [0.15, 0.2) is 0 Å². The van der Waals surface area contributed by atoms with Crippen molar-refractivity contribution < 1.29 is 9.90 Å². The molecule has 0 aliphatic heterocycles. The first-order chi connectivity index (χ1) is 8.61. The molecule has 1 fully saturated rings. The number of aliphatic hydroxyl groups excluding tert-OH is 1. The molecule has 0 saturated heterocycles. The van der Waals surface area contributed by atoms with Gasteiger partial charge in [-0.3, -0.25) is 19.1 Å². The lowest BCUT2D eigenvalue weighted by atomic mass is 10.4. The summed E-state index contributed by atoms with van der Waals surface area (Å²) in [6.45, 7) is 0.0660. The molecule has 18 heavy (non-hydrogen) atoms. The highest BCUT2D eigenvalue weighted by atomic mass is 16.3. The number of carbonyl (C=O) groups excluding carboxylic acids is 1. The van der Waals surface area contributed by atoms with E-state index in [1.807, 2.05) is 0 Å². The number of aliphatic hydroxyl groups is 1. The predicted molar refractivity (Wildman–Crippen MR) is 63.1 cm³/mol. The summed E-state index contributed by atoms with van der Waals surface area (Å²) in [6.07, 6.45) is 3.17. The second kappa shape index (κ2) is 5.18. The fourth-order valence-electron chi connectivity index (χ4n) is 1.81. The monoisotopic (exact) mass is 253 g/mol. The maximum atomic E-state index is 12.0. The van der Waals surface area contributed by atoms with E-state index in [1.54, 1.807) is 4.90 Å². The van der Waals surface area contributed by atoms with E-state index in [0.29, 0.717) is 0 Å². The van der Waals surface area contributed by atoms with Crippen LogP contribution in [0.25, 0.3) is 0 Å². The van der Waals surface area contributed by atoms with E-state index >= 15 is 0 Å². The van der Waals surface area contributed by atoms with Crippen molar-refractivity contribution in [1.29, 1.82) is 0 Å². The van der Waals surface area contributed by atoms with Crippen LogP contribution in [0.15, 0.2) is 21.9 Å². The van der Waals surface area contributed by atoms with Crippen molar-refractivity contribution in [2.24, 2.45) is 0 Å². The van der Waals surface area contributed by atoms with Gasteiger partial charge in [-0.25, -0.2) is 4.79 Å². The number of aromatic nitrogens is 2. The third-order valence-corrected chi connectivity index (χ3v) is 2.85. The molecule has 7 heteroatoms. The molecule has 0 atom stereocenters. The Kier molecular flexibility index (Phi) is 3.61. The Morgan fingerprint density at radius 2 is 2.22 bits per heavy atom. The van der Waals surface area contributed by atoms with Crippen LogP contribution in [0.3, 0.4) is 0 Å². The number of amides is 1. The molecule has 0 radical (unpaired) electrons. The molecule has 1 aromatic rings. The standard InChI is InChI=1S/C11H15N3O4/c15-6-5-14(8-1-2-8)10(17)7-13-4-3-9(16)12-11(13)18/h3-4,8,15H,1-2,5-7H2,(H,12,16,18). The molecular formula is C11H15N3O4.